The highest BCUT2D eigenvalue weighted by Gasteiger charge is 2.42. The van der Waals surface area contributed by atoms with E-state index in [0.29, 0.717) is 18.8 Å². The summed E-state index contributed by atoms with van der Waals surface area (Å²) in [5.41, 5.74) is 0.569. The highest BCUT2D eigenvalue weighted by atomic mass is 32.2. The molecule has 0 spiro atoms. The summed E-state index contributed by atoms with van der Waals surface area (Å²) in [6.45, 7) is 4.39. The van der Waals surface area contributed by atoms with Gasteiger partial charge in [-0.05, 0) is 30.7 Å². The van der Waals surface area contributed by atoms with E-state index in [1.165, 1.54) is 22.5 Å². The molecule has 2 heterocycles. The van der Waals surface area contributed by atoms with Crippen LogP contribution in [0.4, 0.5) is 5.69 Å². The van der Waals surface area contributed by atoms with Crippen molar-refractivity contribution >= 4 is 31.6 Å². The number of morpholine rings is 1. The first-order valence-corrected chi connectivity index (χ1v) is 10.9. The van der Waals surface area contributed by atoms with Crippen molar-refractivity contribution in [1.29, 1.82) is 0 Å². The Morgan fingerprint density at radius 1 is 1.20 bits per heavy atom. The Morgan fingerprint density at radius 3 is 2.36 bits per heavy atom. The zero-order valence-electron chi connectivity index (χ0n) is 14.0. The molecule has 1 unspecified atom stereocenters. The topological polar surface area (TPSA) is 101 Å². The Hall–Kier alpha value is -1.49. The van der Waals surface area contributed by atoms with E-state index in [0.717, 1.165) is 4.31 Å². The lowest BCUT2D eigenvalue weighted by Gasteiger charge is -2.27. The van der Waals surface area contributed by atoms with Crippen molar-refractivity contribution in [1.82, 2.24) is 4.31 Å². The molecule has 0 radical (unpaired) electrons. The predicted octanol–water partition coefficient (Wildman–Crippen LogP) is 0.328. The van der Waals surface area contributed by atoms with Crippen LogP contribution in [-0.4, -0.2) is 59.1 Å². The van der Waals surface area contributed by atoms with Crippen molar-refractivity contribution in [3.63, 3.8) is 0 Å². The van der Waals surface area contributed by atoms with Crippen LogP contribution in [0.1, 0.15) is 12.5 Å². The van der Waals surface area contributed by atoms with Crippen molar-refractivity contribution in [3.8, 4) is 0 Å². The monoisotopic (exact) mass is 388 g/mol. The van der Waals surface area contributed by atoms with E-state index < -0.39 is 31.9 Å². The molecule has 2 saturated heterocycles. The molecule has 0 N–H and O–H groups in total. The Morgan fingerprint density at radius 2 is 1.84 bits per heavy atom. The zero-order valence-corrected chi connectivity index (χ0v) is 15.6. The standard InChI is InChI=1S/C15H20N2O6S2/c1-11-9-13(17-15(18)12(2)10-24(17,19)20)3-4-14(11)25(21,22)16-5-7-23-8-6-16/h3-4,9,12H,5-8,10H2,1-2H3. The molecule has 2 fully saturated rings. The number of aryl methyl sites for hydroxylation is 1. The third kappa shape index (κ3) is 3.19. The number of nitrogens with zero attached hydrogens (tertiary/aromatic N) is 2. The SMILES string of the molecule is Cc1cc(N2C(=O)C(C)CS2(=O)=O)ccc1S(=O)(=O)N1CCOCC1. The summed E-state index contributed by atoms with van der Waals surface area (Å²) in [6.07, 6.45) is 0. The van der Waals surface area contributed by atoms with Gasteiger partial charge in [0.25, 0.3) is 0 Å². The van der Waals surface area contributed by atoms with Crippen molar-refractivity contribution in [2.75, 3.05) is 36.4 Å². The van der Waals surface area contributed by atoms with Crippen LogP contribution in [-0.2, 0) is 29.6 Å². The summed E-state index contributed by atoms with van der Waals surface area (Å²) >= 11 is 0. The summed E-state index contributed by atoms with van der Waals surface area (Å²) < 4.78 is 57.2. The lowest BCUT2D eigenvalue weighted by molar-refractivity contribution is -0.119. The van der Waals surface area contributed by atoms with Gasteiger partial charge in [-0.2, -0.15) is 4.31 Å². The number of rotatable bonds is 3. The Labute approximate surface area is 147 Å². The normalized spacial score (nSPS) is 24.6. The van der Waals surface area contributed by atoms with Gasteiger partial charge in [-0.15, -0.1) is 0 Å². The second-order valence-corrected chi connectivity index (χ2v) is 10.0. The third-order valence-corrected chi connectivity index (χ3v) is 8.27. The fourth-order valence-corrected chi connectivity index (χ4v) is 6.49. The molecule has 1 aromatic carbocycles. The zero-order chi connectivity index (χ0) is 18.4. The van der Waals surface area contributed by atoms with E-state index in [2.05, 4.69) is 0 Å². The predicted molar refractivity (Wildman–Crippen MR) is 91.2 cm³/mol. The van der Waals surface area contributed by atoms with E-state index >= 15 is 0 Å². The van der Waals surface area contributed by atoms with Crippen LogP contribution in [0.2, 0.25) is 0 Å². The molecule has 1 aromatic rings. The fraction of sp³-hybridized carbons (Fsp3) is 0.533. The van der Waals surface area contributed by atoms with Crippen molar-refractivity contribution in [2.45, 2.75) is 18.7 Å². The molecule has 8 nitrogen and oxygen atoms in total. The molecule has 2 aliphatic heterocycles. The summed E-state index contributed by atoms with van der Waals surface area (Å²) in [5, 5.41) is 0. The summed E-state index contributed by atoms with van der Waals surface area (Å²) in [5.74, 6) is -1.34. The highest BCUT2D eigenvalue weighted by Crippen LogP contribution is 2.31. The van der Waals surface area contributed by atoms with Gasteiger partial charge in [0.05, 0.1) is 35.5 Å². The van der Waals surface area contributed by atoms with Gasteiger partial charge < -0.3 is 4.74 Å². The van der Waals surface area contributed by atoms with Gasteiger partial charge in [0, 0.05) is 13.1 Å². The van der Waals surface area contributed by atoms with Crippen LogP contribution in [0.25, 0.3) is 0 Å². The van der Waals surface area contributed by atoms with Gasteiger partial charge in [-0.1, -0.05) is 6.92 Å². The molecule has 138 valence electrons. The van der Waals surface area contributed by atoms with Gasteiger partial charge in [-0.3, -0.25) is 4.79 Å². The van der Waals surface area contributed by atoms with Gasteiger partial charge >= 0.3 is 0 Å². The average Bonchev–Trinajstić information content (AvgIpc) is 2.75. The van der Waals surface area contributed by atoms with Gasteiger partial charge in [-0.25, -0.2) is 21.1 Å². The van der Waals surface area contributed by atoms with Crippen LogP contribution in [0.3, 0.4) is 0 Å². The molecule has 0 aliphatic carbocycles. The maximum absolute atomic E-state index is 12.8. The van der Waals surface area contributed by atoms with Crippen molar-refractivity contribution in [2.24, 2.45) is 5.92 Å². The van der Waals surface area contributed by atoms with Crippen LogP contribution in [0.15, 0.2) is 23.1 Å². The number of anilines is 1. The minimum atomic E-state index is -3.72. The first kappa shape index (κ1) is 18.3. The van der Waals surface area contributed by atoms with Crippen LogP contribution >= 0.6 is 0 Å². The molecule has 25 heavy (non-hydrogen) atoms. The van der Waals surface area contributed by atoms with Gasteiger partial charge in [0.1, 0.15) is 0 Å². The number of carbonyl (C=O) groups is 1. The number of ether oxygens (including phenoxy) is 1. The highest BCUT2D eigenvalue weighted by molar-refractivity contribution is 7.94. The molecule has 0 bridgehead atoms. The quantitative estimate of drug-likeness (QED) is 0.740. The van der Waals surface area contributed by atoms with Crippen molar-refractivity contribution < 1.29 is 26.4 Å². The number of sulfonamides is 2. The van der Waals surface area contributed by atoms with Crippen LogP contribution < -0.4 is 4.31 Å². The lowest BCUT2D eigenvalue weighted by atomic mass is 10.2. The van der Waals surface area contributed by atoms with E-state index in [4.69, 9.17) is 4.74 Å². The van der Waals surface area contributed by atoms with E-state index in [1.54, 1.807) is 13.8 Å². The number of amides is 1. The summed E-state index contributed by atoms with van der Waals surface area (Å²) in [7, 11) is -7.40. The molecule has 10 heteroatoms. The van der Waals surface area contributed by atoms with E-state index in [-0.39, 0.29) is 29.4 Å². The smallest absolute Gasteiger partial charge is 0.244 e. The maximum atomic E-state index is 12.8. The van der Waals surface area contributed by atoms with Crippen LogP contribution in [0.5, 0.6) is 0 Å². The second kappa shape index (κ2) is 6.35. The van der Waals surface area contributed by atoms with E-state index in [9.17, 15) is 21.6 Å². The molecular weight excluding hydrogens is 368 g/mol. The Balaban J connectivity index is 1.98. The molecule has 0 aromatic heterocycles. The first-order chi connectivity index (χ1) is 11.6. The third-order valence-electron chi connectivity index (χ3n) is 4.34. The first-order valence-electron chi connectivity index (χ1n) is 7.90. The minimum Gasteiger partial charge on any atom is -0.379 e. The molecule has 0 saturated carbocycles. The van der Waals surface area contributed by atoms with Gasteiger partial charge in [0.2, 0.25) is 26.0 Å². The van der Waals surface area contributed by atoms with Crippen LogP contribution in [0, 0.1) is 12.8 Å². The molecular formula is C15H20N2O6S2. The number of hydrogen-bond acceptors (Lipinski definition) is 6. The molecule has 1 atom stereocenters. The van der Waals surface area contributed by atoms with E-state index in [1.807, 2.05) is 0 Å². The second-order valence-electron chi connectivity index (χ2n) is 6.25. The lowest BCUT2D eigenvalue weighted by Crippen LogP contribution is -2.40. The molecule has 2 aliphatic rings. The summed E-state index contributed by atoms with van der Waals surface area (Å²) in [4.78, 5) is 12.3. The Kier molecular flexibility index (Phi) is 4.65. The van der Waals surface area contributed by atoms with Gasteiger partial charge in [0.15, 0.2) is 0 Å². The number of carbonyl (C=O) groups excluding carboxylic acids is 1. The number of hydrogen-bond donors (Lipinski definition) is 0. The Bertz CT molecular complexity index is 904. The fourth-order valence-electron chi connectivity index (χ4n) is 3.06. The largest absolute Gasteiger partial charge is 0.379 e. The number of benzene rings is 1. The average molecular weight is 388 g/mol. The molecule has 3 rings (SSSR count). The maximum Gasteiger partial charge on any atom is 0.244 e. The summed E-state index contributed by atoms with van der Waals surface area (Å²) in [6, 6.07) is 4.16. The minimum absolute atomic E-state index is 0.107. The molecule has 1 amide bonds. The van der Waals surface area contributed by atoms with Crippen molar-refractivity contribution in [3.05, 3.63) is 23.8 Å².